The van der Waals surface area contributed by atoms with Crippen molar-refractivity contribution in [3.05, 3.63) is 23.9 Å². The molecule has 0 aliphatic heterocycles. The fourth-order valence-corrected chi connectivity index (χ4v) is 3.08. The van der Waals surface area contributed by atoms with Crippen LogP contribution in [0.15, 0.2) is 18.3 Å². The van der Waals surface area contributed by atoms with E-state index in [9.17, 15) is 0 Å². The highest BCUT2D eigenvalue weighted by atomic mass is 32.2. The van der Waals surface area contributed by atoms with Crippen LogP contribution in [0.4, 0.5) is 5.82 Å². The molecule has 1 aliphatic carbocycles. The Morgan fingerprint density at radius 3 is 3.06 bits per heavy atom. The van der Waals surface area contributed by atoms with Gasteiger partial charge < -0.3 is 11.1 Å². The molecule has 2 unspecified atom stereocenters. The largest absolute Gasteiger partial charge is 0.389 e. The van der Waals surface area contributed by atoms with E-state index in [4.69, 9.17) is 18.0 Å². The molecular weight excluding hydrogens is 250 g/mol. The van der Waals surface area contributed by atoms with Gasteiger partial charge in [0.15, 0.2) is 0 Å². The third-order valence-electron chi connectivity index (χ3n) is 3.11. The van der Waals surface area contributed by atoms with Gasteiger partial charge in [-0.2, -0.15) is 11.8 Å². The maximum Gasteiger partial charge on any atom is 0.126 e. The zero-order chi connectivity index (χ0) is 12.3. The normalized spacial score (nSPS) is 23.6. The minimum absolute atomic E-state index is 0.420. The first kappa shape index (κ1) is 12.6. The molecule has 3 N–H and O–H groups in total. The van der Waals surface area contributed by atoms with Crippen molar-refractivity contribution in [2.75, 3.05) is 11.6 Å². The second kappa shape index (κ2) is 5.69. The van der Waals surface area contributed by atoms with Gasteiger partial charge in [0.25, 0.3) is 0 Å². The number of rotatable bonds is 4. The number of nitrogens with two attached hydrogens (primary N) is 1. The van der Waals surface area contributed by atoms with E-state index < -0.39 is 0 Å². The van der Waals surface area contributed by atoms with Crippen molar-refractivity contribution in [1.29, 1.82) is 0 Å². The predicted octanol–water partition coefficient (Wildman–Crippen LogP) is 2.41. The third-order valence-corrected chi connectivity index (χ3v) is 4.44. The molecule has 1 heterocycles. The van der Waals surface area contributed by atoms with E-state index in [1.807, 2.05) is 23.9 Å². The Labute approximate surface area is 112 Å². The maximum atomic E-state index is 5.61. The predicted molar refractivity (Wildman–Crippen MR) is 78.7 cm³/mol. The highest BCUT2D eigenvalue weighted by Gasteiger charge is 2.23. The summed E-state index contributed by atoms with van der Waals surface area (Å²) in [6, 6.07) is 4.29. The minimum atomic E-state index is 0.420. The van der Waals surface area contributed by atoms with Crippen molar-refractivity contribution >= 4 is 34.8 Å². The smallest absolute Gasteiger partial charge is 0.126 e. The first-order valence-corrected chi connectivity index (χ1v) is 7.44. The van der Waals surface area contributed by atoms with Gasteiger partial charge in [0.2, 0.25) is 0 Å². The quantitative estimate of drug-likeness (QED) is 0.821. The number of anilines is 1. The van der Waals surface area contributed by atoms with Crippen LogP contribution in [0.25, 0.3) is 0 Å². The minimum Gasteiger partial charge on any atom is -0.389 e. The summed E-state index contributed by atoms with van der Waals surface area (Å²) in [7, 11) is 0. The highest BCUT2D eigenvalue weighted by molar-refractivity contribution is 7.99. The summed E-state index contributed by atoms with van der Waals surface area (Å²) < 4.78 is 0. The highest BCUT2D eigenvalue weighted by Crippen LogP contribution is 2.29. The summed E-state index contributed by atoms with van der Waals surface area (Å²) in [5, 5.41) is 4.24. The van der Waals surface area contributed by atoms with Gasteiger partial charge >= 0.3 is 0 Å². The molecule has 3 nitrogen and oxygen atoms in total. The van der Waals surface area contributed by atoms with E-state index in [1.165, 1.54) is 19.3 Å². The van der Waals surface area contributed by atoms with Gasteiger partial charge in [0.1, 0.15) is 10.8 Å². The summed E-state index contributed by atoms with van der Waals surface area (Å²) >= 11 is 6.91. The van der Waals surface area contributed by atoms with Crippen LogP contribution in [-0.4, -0.2) is 27.5 Å². The number of thioether (sulfide) groups is 1. The van der Waals surface area contributed by atoms with Crippen LogP contribution in [0.2, 0.25) is 0 Å². The van der Waals surface area contributed by atoms with E-state index in [0.29, 0.717) is 11.0 Å². The fraction of sp³-hybridized carbons (Fsp3) is 0.500. The third kappa shape index (κ3) is 3.33. The number of nitrogens with one attached hydrogen (secondary N) is 1. The average molecular weight is 267 g/mol. The van der Waals surface area contributed by atoms with Crippen LogP contribution in [0.5, 0.6) is 0 Å². The van der Waals surface area contributed by atoms with Gasteiger partial charge in [-0.1, -0.05) is 12.2 Å². The van der Waals surface area contributed by atoms with Gasteiger partial charge in [-0.25, -0.2) is 4.98 Å². The molecule has 1 aromatic rings. The van der Waals surface area contributed by atoms with Gasteiger partial charge in [0, 0.05) is 23.1 Å². The second-order valence-corrected chi connectivity index (χ2v) is 5.88. The molecular formula is C12H17N3S2. The summed E-state index contributed by atoms with van der Waals surface area (Å²) in [4.78, 5) is 4.72. The van der Waals surface area contributed by atoms with Gasteiger partial charge in [-0.15, -0.1) is 0 Å². The second-order valence-electron chi connectivity index (χ2n) is 4.31. The molecule has 2 rings (SSSR count). The Kier molecular flexibility index (Phi) is 4.23. The van der Waals surface area contributed by atoms with Crippen LogP contribution < -0.4 is 11.1 Å². The topological polar surface area (TPSA) is 50.9 Å². The molecule has 0 amide bonds. The molecule has 5 heteroatoms. The van der Waals surface area contributed by atoms with Crippen LogP contribution in [0, 0.1) is 0 Å². The van der Waals surface area contributed by atoms with Crippen LogP contribution in [0.3, 0.4) is 0 Å². The molecule has 0 saturated heterocycles. The standard InChI is InChI=1S/C12H17N3S2/c1-17-10-3-2-9(7-10)15-11-6-8(12(13)16)4-5-14-11/h4-6,9-10H,2-3,7H2,1H3,(H2,13,16)(H,14,15). The Morgan fingerprint density at radius 2 is 2.41 bits per heavy atom. The summed E-state index contributed by atoms with van der Waals surface area (Å²) in [6.07, 6.45) is 7.63. The maximum absolute atomic E-state index is 5.61. The number of pyridine rings is 1. The SMILES string of the molecule is CSC1CCC(Nc2cc(C(N)=S)ccn2)C1. The van der Waals surface area contributed by atoms with Crippen molar-refractivity contribution in [3.63, 3.8) is 0 Å². The Balaban J connectivity index is 1.99. The number of hydrogen-bond donors (Lipinski definition) is 2. The number of thiocarbonyl (C=S) groups is 1. The zero-order valence-electron chi connectivity index (χ0n) is 9.85. The lowest BCUT2D eigenvalue weighted by Gasteiger charge is -2.13. The molecule has 0 radical (unpaired) electrons. The van der Waals surface area contributed by atoms with Gasteiger partial charge in [0.05, 0.1) is 0 Å². The van der Waals surface area contributed by atoms with Gasteiger partial charge in [-0.05, 0) is 37.7 Å². The molecule has 0 bridgehead atoms. The number of nitrogens with zero attached hydrogens (tertiary/aromatic N) is 1. The molecule has 0 spiro atoms. The van der Waals surface area contributed by atoms with E-state index in [2.05, 4.69) is 16.6 Å². The van der Waals surface area contributed by atoms with Crippen molar-refractivity contribution < 1.29 is 0 Å². The van der Waals surface area contributed by atoms with Gasteiger partial charge in [-0.3, -0.25) is 0 Å². The first-order chi connectivity index (χ1) is 8.19. The molecule has 0 aromatic carbocycles. The van der Waals surface area contributed by atoms with Crippen LogP contribution in [0.1, 0.15) is 24.8 Å². The molecule has 17 heavy (non-hydrogen) atoms. The lowest BCUT2D eigenvalue weighted by Crippen LogP contribution is -2.17. The molecule has 92 valence electrons. The van der Waals surface area contributed by atoms with E-state index in [1.54, 1.807) is 6.20 Å². The molecule has 1 aromatic heterocycles. The first-order valence-electron chi connectivity index (χ1n) is 5.74. The molecule has 1 aliphatic rings. The number of aromatic nitrogens is 1. The molecule has 1 saturated carbocycles. The van der Waals surface area contributed by atoms with Crippen molar-refractivity contribution in [2.24, 2.45) is 5.73 Å². The Morgan fingerprint density at radius 1 is 1.59 bits per heavy atom. The summed E-state index contributed by atoms with van der Waals surface area (Å²) in [6.45, 7) is 0. The van der Waals surface area contributed by atoms with E-state index >= 15 is 0 Å². The lowest BCUT2D eigenvalue weighted by molar-refractivity contribution is 0.752. The summed E-state index contributed by atoms with van der Waals surface area (Å²) in [5.74, 6) is 0.877. The zero-order valence-corrected chi connectivity index (χ0v) is 11.5. The average Bonchev–Trinajstić information content (AvgIpc) is 2.77. The van der Waals surface area contributed by atoms with Crippen LogP contribution >= 0.6 is 24.0 Å². The van der Waals surface area contributed by atoms with E-state index in [0.717, 1.165) is 16.6 Å². The number of hydrogen-bond acceptors (Lipinski definition) is 4. The lowest BCUT2D eigenvalue weighted by atomic mass is 10.2. The molecule has 2 atom stereocenters. The van der Waals surface area contributed by atoms with Crippen LogP contribution in [-0.2, 0) is 0 Å². The van der Waals surface area contributed by atoms with Crippen molar-refractivity contribution in [3.8, 4) is 0 Å². The van der Waals surface area contributed by atoms with E-state index in [-0.39, 0.29) is 0 Å². The molecule has 1 fully saturated rings. The fourth-order valence-electron chi connectivity index (χ4n) is 2.16. The Hall–Kier alpha value is -0.810. The summed E-state index contributed by atoms with van der Waals surface area (Å²) in [5.41, 5.74) is 6.48. The van der Waals surface area contributed by atoms with Crippen molar-refractivity contribution in [1.82, 2.24) is 4.98 Å². The van der Waals surface area contributed by atoms with Crippen molar-refractivity contribution in [2.45, 2.75) is 30.6 Å². The monoisotopic (exact) mass is 267 g/mol. The Bertz CT molecular complexity index is 408.